The third-order valence-corrected chi connectivity index (χ3v) is 6.08. The zero-order valence-corrected chi connectivity index (χ0v) is 19.6. The van der Waals surface area contributed by atoms with E-state index in [4.69, 9.17) is 14.2 Å². The smallest absolute Gasteiger partial charge is 0.331 e. The Morgan fingerprint density at radius 3 is 2.46 bits per heavy atom. The number of esters is 1. The number of aliphatic hydroxyl groups excluding tert-OH is 2. The first kappa shape index (κ1) is 24.7. The van der Waals surface area contributed by atoms with Crippen LogP contribution in [0.1, 0.15) is 24.0 Å². The van der Waals surface area contributed by atoms with Crippen LogP contribution in [-0.2, 0) is 14.3 Å². The van der Waals surface area contributed by atoms with Gasteiger partial charge in [-0.1, -0.05) is 60.7 Å². The van der Waals surface area contributed by atoms with Crippen molar-refractivity contribution < 1.29 is 29.2 Å². The van der Waals surface area contributed by atoms with E-state index in [9.17, 15) is 15.0 Å². The molecule has 0 saturated heterocycles. The number of carbonyl (C=O) groups excluding carboxylic acids is 1. The lowest BCUT2D eigenvalue weighted by Gasteiger charge is -2.35. The molecule has 2 N–H and O–H groups in total. The van der Waals surface area contributed by atoms with Gasteiger partial charge in [-0.2, -0.15) is 0 Å². The van der Waals surface area contributed by atoms with Gasteiger partial charge in [0.1, 0.15) is 18.0 Å². The van der Waals surface area contributed by atoms with Crippen LogP contribution in [-0.4, -0.2) is 54.3 Å². The molecule has 0 amide bonds. The minimum absolute atomic E-state index is 0.278. The SMILES string of the molecule is COc1ccc(/C=C/C(=O)O[C@@H]2C[C@@H](OC/C=C\c3ccc4ccccc4c3)C[C@H](O)[C@H]2O)cc1. The minimum Gasteiger partial charge on any atom is -0.497 e. The maximum absolute atomic E-state index is 12.3. The predicted molar refractivity (Wildman–Crippen MR) is 136 cm³/mol. The maximum Gasteiger partial charge on any atom is 0.331 e. The summed E-state index contributed by atoms with van der Waals surface area (Å²) in [6.07, 6.45) is 4.06. The fourth-order valence-corrected chi connectivity index (χ4v) is 4.16. The minimum atomic E-state index is -1.15. The number of carbonyl (C=O) groups is 1. The fourth-order valence-electron chi connectivity index (χ4n) is 4.16. The number of benzene rings is 3. The Balaban J connectivity index is 1.28. The molecule has 4 atom stereocenters. The average Bonchev–Trinajstić information content (AvgIpc) is 2.88. The Hall–Kier alpha value is -3.45. The first-order valence-corrected chi connectivity index (χ1v) is 11.7. The molecule has 0 unspecified atom stereocenters. The van der Waals surface area contributed by atoms with Crippen LogP contribution in [0.25, 0.3) is 22.9 Å². The van der Waals surface area contributed by atoms with Gasteiger partial charge in [-0.3, -0.25) is 0 Å². The van der Waals surface area contributed by atoms with E-state index < -0.39 is 24.3 Å². The molecule has 3 aromatic rings. The topological polar surface area (TPSA) is 85.2 Å². The third kappa shape index (κ3) is 6.79. The van der Waals surface area contributed by atoms with Crippen molar-refractivity contribution in [1.29, 1.82) is 0 Å². The van der Waals surface area contributed by atoms with E-state index in [1.54, 1.807) is 25.3 Å². The van der Waals surface area contributed by atoms with Crippen LogP contribution in [0.5, 0.6) is 5.75 Å². The molecule has 1 saturated carbocycles. The maximum atomic E-state index is 12.3. The molecule has 0 radical (unpaired) electrons. The van der Waals surface area contributed by atoms with Gasteiger partial charge in [0.15, 0.2) is 0 Å². The lowest BCUT2D eigenvalue weighted by Crippen LogP contribution is -2.48. The van der Waals surface area contributed by atoms with Crippen LogP contribution in [0.3, 0.4) is 0 Å². The normalized spacial score (nSPS) is 22.6. The van der Waals surface area contributed by atoms with Gasteiger partial charge in [-0.05, 0) is 46.2 Å². The molecule has 1 fully saturated rings. The van der Waals surface area contributed by atoms with E-state index in [2.05, 4.69) is 30.3 Å². The van der Waals surface area contributed by atoms with Crippen LogP contribution < -0.4 is 4.74 Å². The Bertz CT molecular complexity index is 1180. The van der Waals surface area contributed by atoms with E-state index in [0.29, 0.717) is 13.0 Å². The second-order valence-corrected chi connectivity index (χ2v) is 8.58. The standard InChI is InChI=1S/C29H30O6/c1-33-24-13-9-20(10-14-24)11-15-28(31)35-27-19-25(18-26(30)29(27)32)34-16-4-5-21-8-12-22-6-2-3-7-23(22)17-21/h2-15,17,25-27,29-30,32H,16,18-19H2,1H3/b5-4-,15-11+/t25-,26-,27+,29+/m0/s1. The molecule has 6 nitrogen and oxygen atoms in total. The number of methoxy groups -OCH3 is 1. The van der Waals surface area contributed by atoms with E-state index in [-0.39, 0.29) is 12.5 Å². The van der Waals surface area contributed by atoms with Gasteiger partial charge in [-0.15, -0.1) is 0 Å². The summed E-state index contributed by atoms with van der Waals surface area (Å²) in [4.78, 5) is 12.3. The molecule has 0 aromatic heterocycles. The monoisotopic (exact) mass is 474 g/mol. The highest BCUT2D eigenvalue weighted by Crippen LogP contribution is 2.25. The van der Waals surface area contributed by atoms with Crippen molar-refractivity contribution in [3.8, 4) is 5.75 Å². The summed E-state index contributed by atoms with van der Waals surface area (Å²) in [6.45, 7) is 0.346. The summed E-state index contributed by atoms with van der Waals surface area (Å²) >= 11 is 0. The number of hydrogen-bond acceptors (Lipinski definition) is 6. The number of rotatable bonds is 8. The van der Waals surface area contributed by atoms with Gasteiger partial charge in [0, 0.05) is 18.9 Å². The summed E-state index contributed by atoms with van der Waals surface area (Å²) < 4.78 is 16.4. The molecule has 0 aliphatic heterocycles. The van der Waals surface area contributed by atoms with E-state index in [0.717, 1.165) is 16.9 Å². The van der Waals surface area contributed by atoms with Gasteiger partial charge in [-0.25, -0.2) is 4.79 Å². The molecule has 6 heteroatoms. The van der Waals surface area contributed by atoms with E-state index >= 15 is 0 Å². The number of ether oxygens (including phenoxy) is 3. The Kier molecular flexibility index (Phi) is 8.32. The van der Waals surface area contributed by atoms with Crippen molar-refractivity contribution >= 4 is 28.9 Å². The lowest BCUT2D eigenvalue weighted by molar-refractivity contribution is -0.169. The third-order valence-electron chi connectivity index (χ3n) is 6.08. The van der Waals surface area contributed by atoms with Crippen LogP contribution in [0.4, 0.5) is 0 Å². The second-order valence-electron chi connectivity index (χ2n) is 8.58. The summed E-state index contributed by atoms with van der Waals surface area (Å²) in [5.41, 5.74) is 1.88. The molecule has 1 aliphatic rings. The van der Waals surface area contributed by atoms with Gasteiger partial charge in [0.25, 0.3) is 0 Å². The Morgan fingerprint density at radius 1 is 0.943 bits per heavy atom. The molecular weight excluding hydrogens is 444 g/mol. The number of fused-ring (bicyclic) bond motifs is 1. The molecular formula is C29H30O6. The second kappa shape index (κ2) is 11.8. The average molecular weight is 475 g/mol. The highest BCUT2D eigenvalue weighted by molar-refractivity contribution is 5.87. The van der Waals surface area contributed by atoms with Crippen LogP contribution >= 0.6 is 0 Å². The molecule has 3 aromatic carbocycles. The number of hydrogen-bond donors (Lipinski definition) is 2. The highest BCUT2D eigenvalue weighted by atomic mass is 16.6. The van der Waals surface area contributed by atoms with E-state index in [1.165, 1.54) is 16.8 Å². The first-order valence-electron chi connectivity index (χ1n) is 11.7. The molecule has 35 heavy (non-hydrogen) atoms. The highest BCUT2D eigenvalue weighted by Gasteiger charge is 2.38. The van der Waals surface area contributed by atoms with Gasteiger partial charge in [0.2, 0.25) is 0 Å². The Morgan fingerprint density at radius 2 is 1.69 bits per heavy atom. The molecule has 182 valence electrons. The Labute approximate surface area is 205 Å². The van der Waals surface area contributed by atoms with Crippen molar-refractivity contribution in [3.05, 3.63) is 90.0 Å². The summed E-state index contributed by atoms with van der Waals surface area (Å²) in [7, 11) is 1.59. The van der Waals surface area contributed by atoms with Crippen LogP contribution in [0, 0.1) is 0 Å². The van der Waals surface area contributed by atoms with Crippen molar-refractivity contribution in [2.24, 2.45) is 0 Å². The summed E-state index contributed by atoms with van der Waals surface area (Å²) in [5.74, 6) is 0.135. The largest absolute Gasteiger partial charge is 0.497 e. The molecule has 1 aliphatic carbocycles. The van der Waals surface area contributed by atoms with Crippen molar-refractivity contribution in [1.82, 2.24) is 0 Å². The van der Waals surface area contributed by atoms with Crippen molar-refractivity contribution in [3.63, 3.8) is 0 Å². The fraction of sp³-hybridized carbons (Fsp3) is 0.276. The summed E-state index contributed by atoms with van der Waals surface area (Å²) in [5, 5.41) is 22.9. The zero-order chi connectivity index (χ0) is 24.6. The molecule has 0 bridgehead atoms. The lowest BCUT2D eigenvalue weighted by atomic mass is 9.89. The van der Waals surface area contributed by atoms with Crippen LogP contribution in [0.15, 0.2) is 78.9 Å². The van der Waals surface area contributed by atoms with Crippen molar-refractivity contribution in [2.45, 2.75) is 37.3 Å². The van der Waals surface area contributed by atoms with Crippen molar-refractivity contribution in [2.75, 3.05) is 13.7 Å². The van der Waals surface area contributed by atoms with Gasteiger partial charge < -0.3 is 24.4 Å². The zero-order valence-electron chi connectivity index (χ0n) is 19.6. The molecule has 0 spiro atoms. The summed E-state index contributed by atoms with van der Waals surface area (Å²) in [6, 6.07) is 21.6. The number of aliphatic hydroxyl groups is 2. The molecule has 4 rings (SSSR count). The van der Waals surface area contributed by atoms with Crippen LogP contribution in [0.2, 0.25) is 0 Å². The van der Waals surface area contributed by atoms with Gasteiger partial charge >= 0.3 is 5.97 Å². The van der Waals surface area contributed by atoms with E-state index in [1.807, 2.05) is 36.4 Å². The first-order chi connectivity index (χ1) is 17.0. The molecule has 0 heterocycles. The van der Waals surface area contributed by atoms with Gasteiger partial charge in [0.05, 0.1) is 25.9 Å². The quantitative estimate of drug-likeness (QED) is 0.372. The predicted octanol–water partition coefficient (Wildman–Crippen LogP) is 4.39.